The molecule has 8 nitrogen and oxygen atoms in total. The Bertz CT molecular complexity index is 1020. The van der Waals surface area contributed by atoms with Crippen molar-refractivity contribution in [3.63, 3.8) is 0 Å². The molecule has 182 valence electrons. The molecule has 34 heavy (non-hydrogen) atoms. The summed E-state index contributed by atoms with van der Waals surface area (Å²) >= 11 is 0. The van der Waals surface area contributed by atoms with Crippen molar-refractivity contribution in [3.8, 4) is 11.5 Å². The van der Waals surface area contributed by atoms with Crippen molar-refractivity contribution in [2.24, 2.45) is 11.8 Å². The van der Waals surface area contributed by atoms with Crippen molar-refractivity contribution in [1.82, 2.24) is 4.90 Å². The van der Waals surface area contributed by atoms with Gasteiger partial charge in [0.25, 0.3) is 11.8 Å². The second kappa shape index (κ2) is 11.5. The van der Waals surface area contributed by atoms with Gasteiger partial charge in [-0.1, -0.05) is 13.8 Å². The molecule has 0 aromatic heterocycles. The second-order valence-corrected chi connectivity index (χ2v) is 8.53. The maximum absolute atomic E-state index is 13.0. The Hall–Kier alpha value is -3.62. The fraction of sp³-hybridized carbons (Fsp3) is 0.400. The number of anilines is 1. The number of amides is 2. The summed E-state index contributed by atoms with van der Waals surface area (Å²) in [6.07, 6.45) is 1.08. The number of carbonyl (C=O) groups is 3. The lowest BCUT2D eigenvalue weighted by Crippen LogP contribution is -2.44. The first-order chi connectivity index (χ1) is 16.2. The van der Waals surface area contributed by atoms with Crippen LogP contribution >= 0.6 is 0 Å². The van der Waals surface area contributed by atoms with Gasteiger partial charge in [-0.2, -0.15) is 0 Å². The lowest BCUT2D eigenvalue weighted by Gasteiger charge is -2.34. The molecule has 2 amide bonds. The van der Waals surface area contributed by atoms with Crippen LogP contribution in [0.5, 0.6) is 11.5 Å². The lowest BCUT2D eigenvalue weighted by atomic mass is 9.92. The molecule has 0 bridgehead atoms. The number of esters is 1. The highest BCUT2D eigenvalue weighted by atomic mass is 19.1. The standard InChI is InChI=1S/C25H29FN2O6/c1-16-10-17(2)13-28(12-16)24(30)15-34-25(31)18-4-9-21(22(11-18)32-3)33-14-23(29)27-20-7-5-19(26)6-8-20/h4-9,11,16-17H,10,12-15H2,1-3H3,(H,27,29)/t16-,17-/m0/s1. The third-order valence-electron chi connectivity index (χ3n) is 5.43. The van der Waals surface area contributed by atoms with Gasteiger partial charge in [-0.3, -0.25) is 9.59 Å². The number of halogens is 1. The predicted molar refractivity (Wildman–Crippen MR) is 123 cm³/mol. The highest BCUT2D eigenvalue weighted by Gasteiger charge is 2.26. The average molecular weight is 473 g/mol. The fourth-order valence-corrected chi connectivity index (χ4v) is 3.96. The SMILES string of the molecule is COc1cc(C(=O)OCC(=O)N2C[C@@H](C)C[C@H](C)C2)ccc1OCC(=O)Nc1ccc(F)cc1. The summed E-state index contributed by atoms with van der Waals surface area (Å²) < 4.78 is 28.9. The zero-order valence-corrected chi connectivity index (χ0v) is 19.5. The topological polar surface area (TPSA) is 94.2 Å². The van der Waals surface area contributed by atoms with Gasteiger partial charge in [0.1, 0.15) is 5.82 Å². The molecule has 0 saturated carbocycles. The Kier molecular flexibility index (Phi) is 8.45. The summed E-state index contributed by atoms with van der Waals surface area (Å²) in [4.78, 5) is 38.7. The normalized spacial score (nSPS) is 17.6. The van der Waals surface area contributed by atoms with Crippen molar-refractivity contribution < 1.29 is 33.0 Å². The van der Waals surface area contributed by atoms with Crippen LogP contribution in [-0.4, -0.2) is 56.1 Å². The van der Waals surface area contributed by atoms with E-state index in [0.29, 0.717) is 30.6 Å². The third kappa shape index (κ3) is 6.94. The summed E-state index contributed by atoms with van der Waals surface area (Å²) in [5, 5.41) is 2.58. The number of likely N-dealkylation sites (tertiary alicyclic amines) is 1. The number of piperidine rings is 1. The summed E-state index contributed by atoms with van der Waals surface area (Å²) in [5.74, 6) is -0.420. The quantitative estimate of drug-likeness (QED) is 0.591. The predicted octanol–water partition coefficient (Wildman–Crippen LogP) is 3.51. The van der Waals surface area contributed by atoms with Crippen LogP contribution in [-0.2, 0) is 14.3 Å². The van der Waals surface area contributed by atoms with Crippen LogP contribution in [0.3, 0.4) is 0 Å². The molecule has 0 spiro atoms. The minimum Gasteiger partial charge on any atom is -0.493 e. The van der Waals surface area contributed by atoms with Gasteiger partial charge in [0.05, 0.1) is 12.7 Å². The minimum atomic E-state index is -0.662. The molecule has 2 aromatic carbocycles. The Balaban J connectivity index is 1.53. The molecule has 1 heterocycles. The molecule has 2 atom stereocenters. The van der Waals surface area contributed by atoms with E-state index in [-0.39, 0.29) is 36.2 Å². The average Bonchev–Trinajstić information content (AvgIpc) is 2.81. The van der Waals surface area contributed by atoms with Crippen LogP contribution in [0.15, 0.2) is 42.5 Å². The largest absolute Gasteiger partial charge is 0.493 e. The van der Waals surface area contributed by atoms with Crippen LogP contribution in [0.25, 0.3) is 0 Å². The molecular weight excluding hydrogens is 443 g/mol. The fourth-order valence-electron chi connectivity index (χ4n) is 3.96. The molecular formula is C25H29FN2O6. The van der Waals surface area contributed by atoms with Crippen molar-refractivity contribution in [2.75, 3.05) is 38.7 Å². The van der Waals surface area contributed by atoms with E-state index in [0.717, 1.165) is 6.42 Å². The monoisotopic (exact) mass is 472 g/mol. The lowest BCUT2D eigenvalue weighted by molar-refractivity contribution is -0.137. The highest BCUT2D eigenvalue weighted by molar-refractivity contribution is 5.93. The van der Waals surface area contributed by atoms with E-state index in [2.05, 4.69) is 19.2 Å². The molecule has 2 aromatic rings. The Morgan fingerprint density at radius 1 is 1.00 bits per heavy atom. The number of ether oxygens (including phenoxy) is 3. The minimum absolute atomic E-state index is 0.188. The maximum atomic E-state index is 13.0. The van der Waals surface area contributed by atoms with Gasteiger partial charge in [0.2, 0.25) is 0 Å². The van der Waals surface area contributed by atoms with E-state index in [4.69, 9.17) is 14.2 Å². The molecule has 0 aliphatic carbocycles. The number of benzene rings is 2. The van der Waals surface area contributed by atoms with Gasteiger partial charge in [-0.15, -0.1) is 0 Å². The Morgan fingerprint density at radius 3 is 2.32 bits per heavy atom. The van der Waals surface area contributed by atoms with Gasteiger partial charge in [-0.25, -0.2) is 9.18 Å². The van der Waals surface area contributed by atoms with E-state index in [1.54, 1.807) is 4.90 Å². The van der Waals surface area contributed by atoms with E-state index >= 15 is 0 Å². The number of nitrogens with zero attached hydrogens (tertiary/aromatic N) is 1. The summed E-state index contributed by atoms with van der Waals surface area (Å²) in [6.45, 7) is 4.88. The Morgan fingerprint density at radius 2 is 1.68 bits per heavy atom. The zero-order valence-electron chi connectivity index (χ0n) is 19.5. The Labute approximate surface area is 198 Å². The number of hydrogen-bond donors (Lipinski definition) is 1. The van der Waals surface area contributed by atoms with E-state index in [1.165, 1.54) is 49.6 Å². The highest BCUT2D eigenvalue weighted by Crippen LogP contribution is 2.28. The summed E-state index contributed by atoms with van der Waals surface area (Å²) in [5.41, 5.74) is 0.621. The zero-order chi connectivity index (χ0) is 24.7. The molecule has 0 unspecified atom stereocenters. The number of hydrogen-bond acceptors (Lipinski definition) is 6. The molecule has 3 rings (SSSR count). The van der Waals surface area contributed by atoms with Crippen molar-refractivity contribution in [1.29, 1.82) is 0 Å². The van der Waals surface area contributed by atoms with Gasteiger partial charge in [0.15, 0.2) is 24.7 Å². The van der Waals surface area contributed by atoms with Crippen molar-refractivity contribution >= 4 is 23.5 Å². The number of methoxy groups -OCH3 is 1. The smallest absolute Gasteiger partial charge is 0.338 e. The van der Waals surface area contributed by atoms with E-state index < -0.39 is 17.7 Å². The molecule has 1 fully saturated rings. The van der Waals surface area contributed by atoms with Crippen LogP contribution < -0.4 is 14.8 Å². The van der Waals surface area contributed by atoms with Gasteiger partial charge in [0, 0.05) is 18.8 Å². The van der Waals surface area contributed by atoms with Crippen LogP contribution in [0.2, 0.25) is 0 Å². The molecule has 1 aliphatic rings. The van der Waals surface area contributed by atoms with Crippen molar-refractivity contribution in [2.45, 2.75) is 20.3 Å². The van der Waals surface area contributed by atoms with Gasteiger partial charge >= 0.3 is 5.97 Å². The van der Waals surface area contributed by atoms with E-state index in [1.807, 2.05) is 0 Å². The summed E-state index contributed by atoms with van der Waals surface area (Å²) in [7, 11) is 1.40. The van der Waals surface area contributed by atoms with E-state index in [9.17, 15) is 18.8 Å². The van der Waals surface area contributed by atoms with Crippen molar-refractivity contribution in [3.05, 3.63) is 53.8 Å². The molecule has 1 saturated heterocycles. The number of rotatable bonds is 8. The van der Waals surface area contributed by atoms with Gasteiger partial charge < -0.3 is 24.4 Å². The number of carbonyl (C=O) groups excluding carboxylic acids is 3. The maximum Gasteiger partial charge on any atom is 0.338 e. The first-order valence-corrected chi connectivity index (χ1v) is 11.1. The molecule has 1 aliphatic heterocycles. The van der Waals surface area contributed by atoms with Gasteiger partial charge in [-0.05, 0) is 60.7 Å². The third-order valence-corrected chi connectivity index (χ3v) is 5.43. The van der Waals surface area contributed by atoms with Crippen LogP contribution in [0.4, 0.5) is 10.1 Å². The van der Waals surface area contributed by atoms with Crippen LogP contribution in [0, 0.1) is 17.7 Å². The second-order valence-electron chi connectivity index (χ2n) is 8.53. The number of nitrogens with one attached hydrogen (secondary N) is 1. The first-order valence-electron chi connectivity index (χ1n) is 11.1. The van der Waals surface area contributed by atoms with Crippen LogP contribution in [0.1, 0.15) is 30.6 Å². The molecule has 9 heteroatoms. The molecule has 1 N–H and O–H groups in total. The molecule has 0 radical (unpaired) electrons. The summed E-state index contributed by atoms with van der Waals surface area (Å²) in [6, 6.07) is 9.71. The first kappa shape index (κ1) is 25.0.